The van der Waals surface area contributed by atoms with E-state index in [-0.39, 0.29) is 0 Å². The fraction of sp³-hybridized carbons (Fsp3) is 0.667. The van der Waals surface area contributed by atoms with E-state index < -0.39 is 0 Å². The van der Waals surface area contributed by atoms with Crippen molar-refractivity contribution in [3.05, 3.63) is 22.4 Å². The zero-order valence-corrected chi connectivity index (χ0v) is 10.4. The number of nitrogens with one attached hydrogen (secondary N) is 1. The van der Waals surface area contributed by atoms with Gasteiger partial charge in [-0.05, 0) is 31.3 Å². The molecule has 84 valence electrons. The van der Waals surface area contributed by atoms with E-state index in [9.17, 15) is 0 Å². The van der Waals surface area contributed by atoms with E-state index >= 15 is 0 Å². The van der Waals surface area contributed by atoms with Crippen molar-refractivity contribution in [1.82, 2.24) is 10.2 Å². The molecule has 2 heterocycles. The highest BCUT2D eigenvalue weighted by molar-refractivity contribution is 7.10. The molecule has 0 saturated carbocycles. The summed E-state index contributed by atoms with van der Waals surface area (Å²) in [6.45, 7) is 8.03. The number of hydrogen-bond donors (Lipinski definition) is 1. The SMILES string of the molecule is CCNC1CCN(C(C)c2cccs2)C1. The first-order chi connectivity index (χ1) is 7.31. The van der Waals surface area contributed by atoms with Gasteiger partial charge in [-0.25, -0.2) is 0 Å². The second-order valence-electron chi connectivity index (χ2n) is 4.23. The number of likely N-dealkylation sites (tertiary alicyclic amines) is 1. The maximum Gasteiger partial charge on any atom is 0.0413 e. The Kier molecular flexibility index (Phi) is 3.78. The Bertz CT molecular complexity index is 284. The van der Waals surface area contributed by atoms with E-state index in [0.29, 0.717) is 12.1 Å². The predicted molar refractivity (Wildman–Crippen MR) is 66.4 cm³/mol. The maximum absolute atomic E-state index is 3.54. The molecule has 1 aromatic rings. The molecule has 1 N–H and O–H groups in total. The average Bonchev–Trinajstić information content (AvgIpc) is 2.87. The van der Waals surface area contributed by atoms with Crippen molar-refractivity contribution < 1.29 is 0 Å². The molecule has 1 fully saturated rings. The summed E-state index contributed by atoms with van der Waals surface area (Å²) in [5.74, 6) is 0. The highest BCUT2D eigenvalue weighted by Gasteiger charge is 2.26. The number of likely N-dealkylation sites (N-methyl/N-ethyl adjacent to an activating group) is 1. The van der Waals surface area contributed by atoms with Crippen LogP contribution in [0, 0.1) is 0 Å². The Labute approximate surface area is 96.3 Å². The van der Waals surface area contributed by atoms with Gasteiger partial charge in [-0.2, -0.15) is 0 Å². The highest BCUT2D eigenvalue weighted by Crippen LogP contribution is 2.27. The van der Waals surface area contributed by atoms with Crippen molar-refractivity contribution in [2.24, 2.45) is 0 Å². The number of hydrogen-bond acceptors (Lipinski definition) is 3. The van der Waals surface area contributed by atoms with E-state index in [1.54, 1.807) is 0 Å². The zero-order valence-electron chi connectivity index (χ0n) is 9.57. The van der Waals surface area contributed by atoms with Gasteiger partial charge >= 0.3 is 0 Å². The van der Waals surface area contributed by atoms with Crippen LogP contribution in [0.5, 0.6) is 0 Å². The summed E-state index contributed by atoms with van der Waals surface area (Å²) in [7, 11) is 0. The van der Waals surface area contributed by atoms with Gasteiger partial charge in [0.15, 0.2) is 0 Å². The Morgan fingerprint density at radius 1 is 1.67 bits per heavy atom. The van der Waals surface area contributed by atoms with Gasteiger partial charge in [0.1, 0.15) is 0 Å². The molecular weight excluding hydrogens is 204 g/mol. The summed E-state index contributed by atoms with van der Waals surface area (Å²) in [4.78, 5) is 4.08. The molecule has 1 aliphatic rings. The smallest absolute Gasteiger partial charge is 0.0413 e. The van der Waals surface area contributed by atoms with Gasteiger partial charge in [-0.1, -0.05) is 13.0 Å². The summed E-state index contributed by atoms with van der Waals surface area (Å²) >= 11 is 1.87. The summed E-state index contributed by atoms with van der Waals surface area (Å²) in [6, 6.07) is 5.69. The van der Waals surface area contributed by atoms with Crippen molar-refractivity contribution >= 4 is 11.3 Å². The first-order valence-corrected chi connectivity index (χ1v) is 6.70. The zero-order chi connectivity index (χ0) is 10.7. The van der Waals surface area contributed by atoms with Gasteiger partial charge in [-0.3, -0.25) is 4.90 Å². The van der Waals surface area contributed by atoms with E-state index in [4.69, 9.17) is 0 Å². The monoisotopic (exact) mass is 224 g/mol. The standard InChI is InChI=1S/C12H20N2S/c1-3-13-11-6-7-14(9-11)10(2)12-5-4-8-15-12/h4-5,8,10-11,13H,3,6-7,9H2,1-2H3. The normalized spacial score (nSPS) is 24.5. The van der Waals surface area contributed by atoms with Crippen LogP contribution in [0.1, 0.15) is 31.2 Å². The van der Waals surface area contributed by atoms with Crippen molar-refractivity contribution in [2.45, 2.75) is 32.4 Å². The molecule has 3 heteroatoms. The molecule has 0 aliphatic carbocycles. The second-order valence-corrected chi connectivity index (χ2v) is 5.21. The molecule has 1 aromatic heterocycles. The third-order valence-corrected chi connectivity index (χ3v) is 4.26. The molecule has 0 spiro atoms. The van der Waals surface area contributed by atoms with E-state index in [1.165, 1.54) is 24.4 Å². The van der Waals surface area contributed by atoms with Gasteiger partial charge in [0, 0.05) is 30.1 Å². The van der Waals surface area contributed by atoms with Crippen molar-refractivity contribution in [3.8, 4) is 0 Å². The van der Waals surface area contributed by atoms with E-state index in [2.05, 4.69) is 41.6 Å². The van der Waals surface area contributed by atoms with Gasteiger partial charge in [0.05, 0.1) is 0 Å². The van der Waals surface area contributed by atoms with Crippen molar-refractivity contribution in [3.63, 3.8) is 0 Å². The first kappa shape index (κ1) is 11.1. The maximum atomic E-state index is 3.54. The molecule has 2 atom stereocenters. The predicted octanol–water partition coefficient (Wildman–Crippen LogP) is 2.49. The summed E-state index contributed by atoms with van der Waals surface area (Å²) in [5, 5.41) is 5.71. The van der Waals surface area contributed by atoms with Crippen LogP contribution < -0.4 is 5.32 Å². The Hall–Kier alpha value is -0.380. The van der Waals surface area contributed by atoms with Crippen LogP contribution in [0.2, 0.25) is 0 Å². The summed E-state index contributed by atoms with van der Waals surface area (Å²) < 4.78 is 0. The van der Waals surface area contributed by atoms with Crippen molar-refractivity contribution in [2.75, 3.05) is 19.6 Å². The minimum absolute atomic E-state index is 0.591. The lowest BCUT2D eigenvalue weighted by Crippen LogP contribution is -2.33. The fourth-order valence-corrected chi connectivity index (χ4v) is 3.12. The Morgan fingerprint density at radius 3 is 3.20 bits per heavy atom. The van der Waals surface area contributed by atoms with Crippen molar-refractivity contribution in [1.29, 1.82) is 0 Å². The molecule has 2 rings (SSSR count). The second kappa shape index (κ2) is 5.10. The quantitative estimate of drug-likeness (QED) is 0.845. The fourth-order valence-electron chi connectivity index (χ4n) is 2.30. The summed E-state index contributed by atoms with van der Waals surface area (Å²) in [6.07, 6.45) is 1.30. The number of nitrogens with zero attached hydrogens (tertiary/aromatic N) is 1. The largest absolute Gasteiger partial charge is 0.313 e. The Morgan fingerprint density at radius 2 is 2.53 bits per heavy atom. The molecular formula is C12H20N2S. The molecule has 0 aromatic carbocycles. The molecule has 0 bridgehead atoms. The van der Waals surface area contributed by atoms with Crippen LogP contribution in [0.3, 0.4) is 0 Å². The average molecular weight is 224 g/mol. The molecule has 0 amide bonds. The minimum atomic E-state index is 0.591. The van der Waals surface area contributed by atoms with Crippen LogP contribution in [0.4, 0.5) is 0 Å². The lowest BCUT2D eigenvalue weighted by atomic mass is 10.2. The third-order valence-electron chi connectivity index (χ3n) is 3.22. The minimum Gasteiger partial charge on any atom is -0.313 e. The van der Waals surface area contributed by atoms with Crippen LogP contribution in [0.25, 0.3) is 0 Å². The molecule has 2 nitrogen and oxygen atoms in total. The third kappa shape index (κ3) is 2.60. The summed E-state index contributed by atoms with van der Waals surface area (Å²) in [5.41, 5.74) is 0. The molecule has 1 aliphatic heterocycles. The van der Waals surface area contributed by atoms with Gasteiger partial charge in [0.25, 0.3) is 0 Å². The molecule has 2 unspecified atom stereocenters. The number of thiophene rings is 1. The molecule has 0 radical (unpaired) electrons. The van der Waals surface area contributed by atoms with Crippen LogP contribution in [0.15, 0.2) is 17.5 Å². The van der Waals surface area contributed by atoms with Gasteiger partial charge in [-0.15, -0.1) is 11.3 Å². The van der Waals surface area contributed by atoms with E-state index in [1.807, 2.05) is 11.3 Å². The first-order valence-electron chi connectivity index (χ1n) is 5.82. The lowest BCUT2D eigenvalue weighted by molar-refractivity contribution is 0.259. The molecule has 1 saturated heterocycles. The van der Waals surface area contributed by atoms with Crippen LogP contribution >= 0.6 is 11.3 Å². The van der Waals surface area contributed by atoms with Crippen LogP contribution in [-0.2, 0) is 0 Å². The van der Waals surface area contributed by atoms with Gasteiger partial charge < -0.3 is 5.32 Å². The molecule has 15 heavy (non-hydrogen) atoms. The van der Waals surface area contributed by atoms with Crippen LogP contribution in [-0.4, -0.2) is 30.6 Å². The van der Waals surface area contributed by atoms with Gasteiger partial charge in [0.2, 0.25) is 0 Å². The highest BCUT2D eigenvalue weighted by atomic mass is 32.1. The lowest BCUT2D eigenvalue weighted by Gasteiger charge is -2.23. The topological polar surface area (TPSA) is 15.3 Å². The number of rotatable bonds is 4. The Balaban J connectivity index is 1.90. The van der Waals surface area contributed by atoms with E-state index in [0.717, 1.165) is 6.54 Å².